The van der Waals surface area contributed by atoms with E-state index in [1.54, 1.807) is 20.9 Å². The van der Waals surface area contributed by atoms with Crippen LogP contribution in [0.2, 0.25) is 0 Å². The number of tetrazole rings is 1. The summed E-state index contributed by atoms with van der Waals surface area (Å²) < 4.78 is 25.5. The van der Waals surface area contributed by atoms with Gasteiger partial charge in [0.2, 0.25) is 11.1 Å². The van der Waals surface area contributed by atoms with E-state index < -0.39 is 9.84 Å². The number of thiophene rings is 1. The number of sulfone groups is 1. The van der Waals surface area contributed by atoms with E-state index >= 15 is 0 Å². The van der Waals surface area contributed by atoms with Crippen LogP contribution in [-0.2, 0) is 21.2 Å². The van der Waals surface area contributed by atoms with Crippen molar-refractivity contribution in [1.29, 1.82) is 0 Å². The fraction of sp³-hybridized carbons (Fsp3) is 0.368. The first-order valence-corrected chi connectivity index (χ1v) is 13.1. The van der Waals surface area contributed by atoms with Gasteiger partial charge < -0.3 is 4.90 Å². The van der Waals surface area contributed by atoms with E-state index in [1.807, 2.05) is 48.7 Å². The highest BCUT2D eigenvalue weighted by Crippen LogP contribution is 2.25. The summed E-state index contributed by atoms with van der Waals surface area (Å²) in [7, 11) is -3.09. The summed E-state index contributed by atoms with van der Waals surface area (Å²) in [6.07, 6.45) is 0.477. The van der Waals surface area contributed by atoms with E-state index in [-0.39, 0.29) is 29.2 Å². The van der Waals surface area contributed by atoms with Crippen molar-refractivity contribution < 1.29 is 13.2 Å². The van der Waals surface area contributed by atoms with E-state index in [0.717, 1.165) is 16.1 Å². The van der Waals surface area contributed by atoms with Gasteiger partial charge in [0, 0.05) is 10.9 Å². The fourth-order valence-electron chi connectivity index (χ4n) is 3.34. The number of carbonyl (C=O) groups is 1. The number of aryl methyl sites for hydroxylation is 1. The molecule has 1 aliphatic rings. The van der Waals surface area contributed by atoms with Crippen molar-refractivity contribution in [1.82, 2.24) is 25.1 Å². The molecule has 0 bridgehead atoms. The molecule has 3 aromatic rings. The summed E-state index contributed by atoms with van der Waals surface area (Å²) in [5, 5.41) is 14.3. The Bertz CT molecular complexity index is 1110. The summed E-state index contributed by atoms with van der Waals surface area (Å²) in [6, 6.07) is 11.4. The molecule has 158 valence electrons. The van der Waals surface area contributed by atoms with Crippen molar-refractivity contribution in [2.45, 2.75) is 31.1 Å². The topological polar surface area (TPSA) is 98.1 Å². The normalized spacial score (nSPS) is 17.8. The Balaban J connectivity index is 1.48. The predicted molar refractivity (Wildman–Crippen MR) is 117 cm³/mol. The Morgan fingerprint density at radius 3 is 2.77 bits per heavy atom. The molecule has 30 heavy (non-hydrogen) atoms. The third-order valence-electron chi connectivity index (χ3n) is 4.92. The maximum absolute atomic E-state index is 13.1. The van der Waals surface area contributed by atoms with Crippen molar-refractivity contribution in [2.24, 2.45) is 0 Å². The standard InChI is InChI=1S/C19H21N5O3S3/c1-14-4-6-15(7-5-14)24-19(20-21-22-24)29-12-18(25)23(11-17-3-2-9-28-17)16-8-10-30(26,27)13-16/h2-7,9,16H,8,10-13H2,1H3. The van der Waals surface area contributed by atoms with Gasteiger partial charge in [-0.3, -0.25) is 4.79 Å². The van der Waals surface area contributed by atoms with Gasteiger partial charge in [-0.1, -0.05) is 35.5 Å². The first-order valence-electron chi connectivity index (χ1n) is 9.42. The molecular weight excluding hydrogens is 442 g/mol. The minimum absolute atomic E-state index is 0.0237. The van der Waals surface area contributed by atoms with E-state index in [0.29, 0.717) is 18.1 Å². The number of nitrogens with zero attached hydrogens (tertiary/aromatic N) is 5. The van der Waals surface area contributed by atoms with Crippen LogP contribution in [0.5, 0.6) is 0 Å². The molecule has 2 aromatic heterocycles. The molecule has 11 heteroatoms. The quantitative estimate of drug-likeness (QED) is 0.496. The maximum atomic E-state index is 13.1. The Hall–Kier alpha value is -2.24. The average Bonchev–Trinajstić information content (AvgIpc) is 3.46. The van der Waals surface area contributed by atoms with E-state index in [2.05, 4.69) is 15.5 Å². The second-order valence-corrected chi connectivity index (χ2v) is 11.4. The first kappa shape index (κ1) is 21.0. The molecule has 4 rings (SSSR count). The van der Waals surface area contributed by atoms with Crippen LogP contribution in [0.15, 0.2) is 46.9 Å². The number of carbonyl (C=O) groups excluding carboxylic acids is 1. The molecule has 0 spiro atoms. The van der Waals surface area contributed by atoms with Crippen molar-refractivity contribution in [3.05, 3.63) is 52.2 Å². The van der Waals surface area contributed by atoms with Crippen LogP contribution < -0.4 is 0 Å². The lowest BCUT2D eigenvalue weighted by Gasteiger charge is -2.27. The predicted octanol–water partition coefficient (Wildman–Crippen LogP) is 2.34. The molecule has 1 amide bonds. The summed E-state index contributed by atoms with van der Waals surface area (Å²) in [4.78, 5) is 15.8. The molecule has 1 aliphatic heterocycles. The molecule has 0 N–H and O–H groups in total. The van der Waals surface area contributed by atoms with Gasteiger partial charge in [0.25, 0.3) is 0 Å². The van der Waals surface area contributed by atoms with Gasteiger partial charge in [-0.05, 0) is 47.4 Å². The summed E-state index contributed by atoms with van der Waals surface area (Å²) in [5.74, 6) is 0.170. The van der Waals surface area contributed by atoms with Crippen LogP contribution in [0, 0.1) is 6.92 Å². The lowest BCUT2D eigenvalue weighted by atomic mass is 10.2. The van der Waals surface area contributed by atoms with Crippen LogP contribution >= 0.6 is 23.1 Å². The molecule has 0 radical (unpaired) electrons. The molecule has 3 heterocycles. The first-order chi connectivity index (χ1) is 14.4. The van der Waals surface area contributed by atoms with Gasteiger partial charge in [0.05, 0.1) is 29.5 Å². The zero-order chi connectivity index (χ0) is 21.1. The smallest absolute Gasteiger partial charge is 0.233 e. The van der Waals surface area contributed by atoms with Crippen LogP contribution in [-0.4, -0.2) is 62.7 Å². The number of benzene rings is 1. The highest BCUT2D eigenvalue weighted by atomic mass is 32.2. The molecule has 1 aromatic carbocycles. The monoisotopic (exact) mass is 463 g/mol. The summed E-state index contributed by atoms with van der Waals surface area (Å²) in [6.45, 7) is 2.42. The van der Waals surface area contributed by atoms with Crippen LogP contribution in [0.25, 0.3) is 5.69 Å². The van der Waals surface area contributed by atoms with E-state index in [4.69, 9.17) is 0 Å². The molecule has 1 saturated heterocycles. The molecule has 1 atom stereocenters. The summed E-state index contributed by atoms with van der Waals surface area (Å²) >= 11 is 2.81. The third kappa shape index (κ3) is 4.90. The average molecular weight is 464 g/mol. The van der Waals surface area contributed by atoms with Gasteiger partial charge >= 0.3 is 0 Å². The lowest BCUT2D eigenvalue weighted by molar-refractivity contribution is -0.130. The molecule has 1 unspecified atom stereocenters. The fourth-order valence-corrected chi connectivity index (χ4v) is 6.55. The highest BCUT2D eigenvalue weighted by Gasteiger charge is 2.35. The number of thioether (sulfide) groups is 1. The highest BCUT2D eigenvalue weighted by molar-refractivity contribution is 7.99. The van der Waals surface area contributed by atoms with Gasteiger partial charge in [-0.15, -0.1) is 16.4 Å². The van der Waals surface area contributed by atoms with Crippen LogP contribution in [0.4, 0.5) is 0 Å². The SMILES string of the molecule is Cc1ccc(-n2nnnc2SCC(=O)N(Cc2cccs2)C2CCS(=O)(=O)C2)cc1. The number of hydrogen-bond acceptors (Lipinski definition) is 8. The van der Waals surface area contributed by atoms with Crippen LogP contribution in [0.1, 0.15) is 16.9 Å². The Labute approximate surface area is 183 Å². The molecule has 1 fully saturated rings. The van der Waals surface area contributed by atoms with Crippen molar-refractivity contribution in [3.63, 3.8) is 0 Å². The number of rotatable bonds is 7. The van der Waals surface area contributed by atoms with Crippen molar-refractivity contribution in [3.8, 4) is 5.69 Å². The van der Waals surface area contributed by atoms with Gasteiger partial charge in [0.1, 0.15) is 0 Å². The Morgan fingerprint density at radius 2 is 2.10 bits per heavy atom. The largest absolute Gasteiger partial charge is 0.333 e. The molecule has 8 nitrogen and oxygen atoms in total. The van der Waals surface area contributed by atoms with Gasteiger partial charge in [-0.2, -0.15) is 4.68 Å². The minimum Gasteiger partial charge on any atom is -0.333 e. The zero-order valence-corrected chi connectivity index (χ0v) is 18.8. The van der Waals surface area contributed by atoms with Gasteiger partial charge in [0.15, 0.2) is 9.84 Å². The lowest BCUT2D eigenvalue weighted by Crippen LogP contribution is -2.41. The second kappa shape index (κ2) is 8.86. The van der Waals surface area contributed by atoms with Crippen LogP contribution in [0.3, 0.4) is 0 Å². The van der Waals surface area contributed by atoms with Gasteiger partial charge in [-0.25, -0.2) is 8.42 Å². The minimum atomic E-state index is -3.09. The van der Waals surface area contributed by atoms with E-state index in [1.165, 1.54) is 11.8 Å². The molecule has 0 aliphatic carbocycles. The third-order valence-corrected chi connectivity index (χ3v) is 8.44. The van der Waals surface area contributed by atoms with E-state index in [9.17, 15) is 13.2 Å². The van der Waals surface area contributed by atoms with Crippen molar-refractivity contribution in [2.75, 3.05) is 17.3 Å². The molecular formula is C19H21N5O3S3. The maximum Gasteiger partial charge on any atom is 0.233 e. The Kier molecular flexibility index (Phi) is 6.21. The number of aromatic nitrogens is 4. The van der Waals surface area contributed by atoms with Crippen molar-refractivity contribution >= 4 is 38.8 Å². The number of hydrogen-bond donors (Lipinski definition) is 0. The summed E-state index contributed by atoms with van der Waals surface area (Å²) in [5.41, 5.74) is 1.95. The molecule has 0 saturated carbocycles. The zero-order valence-electron chi connectivity index (χ0n) is 16.3. The number of amides is 1. The second-order valence-electron chi connectivity index (χ2n) is 7.16. The Morgan fingerprint density at radius 1 is 1.30 bits per heavy atom.